The molecular formula is C21H34IN5S. The van der Waals surface area contributed by atoms with Crippen molar-refractivity contribution in [2.45, 2.75) is 39.7 Å². The van der Waals surface area contributed by atoms with E-state index >= 15 is 0 Å². The van der Waals surface area contributed by atoms with E-state index in [0.29, 0.717) is 0 Å². The van der Waals surface area contributed by atoms with Crippen LogP contribution < -0.4 is 10.6 Å². The highest BCUT2D eigenvalue weighted by molar-refractivity contribution is 14.0. The number of aromatic nitrogens is 1. The van der Waals surface area contributed by atoms with Crippen molar-refractivity contribution in [1.82, 2.24) is 20.5 Å². The first kappa shape index (κ1) is 24.8. The molecule has 0 saturated heterocycles. The first-order valence-corrected chi connectivity index (χ1v) is 10.7. The molecule has 1 heterocycles. The van der Waals surface area contributed by atoms with Gasteiger partial charge in [0.25, 0.3) is 0 Å². The number of thiazole rings is 1. The van der Waals surface area contributed by atoms with Gasteiger partial charge in [-0.15, -0.1) is 35.3 Å². The van der Waals surface area contributed by atoms with Crippen molar-refractivity contribution in [2.24, 2.45) is 4.99 Å². The first-order chi connectivity index (χ1) is 13.2. The molecule has 1 aromatic carbocycles. The molecule has 0 radical (unpaired) electrons. The second kappa shape index (κ2) is 14.8. The summed E-state index contributed by atoms with van der Waals surface area (Å²) < 4.78 is 0. The smallest absolute Gasteiger partial charge is 0.191 e. The van der Waals surface area contributed by atoms with Crippen LogP contribution in [0.25, 0.3) is 0 Å². The van der Waals surface area contributed by atoms with Gasteiger partial charge in [-0.2, -0.15) is 0 Å². The standard InChI is InChI=1S/C21H33N5S.HI/c1-4-19-16-25-20(27-19)12-14-24-21(22-5-2)23-13-9-15-26(3)17-18-10-7-6-8-11-18;/h6-8,10-11,16H,4-5,9,12-15,17H2,1-3H3,(H2,22,23,24);1H. The molecule has 2 aromatic rings. The summed E-state index contributed by atoms with van der Waals surface area (Å²) in [7, 11) is 2.17. The van der Waals surface area contributed by atoms with Gasteiger partial charge in [0.15, 0.2) is 5.96 Å². The summed E-state index contributed by atoms with van der Waals surface area (Å²) in [6.07, 6.45) is 5.04. The van der Waals surface area contributed by atoms with E-state index in [0.717, 1.165) is 57.9 Å². The Labute approximate surface area is 191 Å². The molecule has 0 fully saturated rings. The van der Waals surface area contributed by atoms with Gasteiger partial charge in [0.2, 0.25) is 0 Å². The molecule has 1 aromatic heterocycles. The summed E-state index contributed by atoms with van der Waals surface area (Å²) in [5, 5.41) is 7.93. The fourth-order valence-corrected chi connectivity index (χ4v) is 3.62. The number of nitrogens with zero attached hydrogens (tertiary/aromatic N) is 3. The fraction of sp³-hybridized carbons (Fsp3) is 0.524. The van der Waals surface area contributed by atoms with Gasteiger partial charge in [0, 0.05) is 43.7 Å². The van der Waals surface area contributed by atoms with Gasteiger partial charge in [0.05, 0.1) is 5.01 Å². The Morgan fingerprint density at radius 2 is 1.96 bits per heavy atom. The normalized spacial score (nSPS) is 11.4. The number of aryl methyl sites for hydroxylation is 1. The van der Waals surface area contributed by atoms with Crippen molar-refractivity contribution in [3.63, 3.8) is 0 Å². The molecule has 0 bridgehead atoms. The number of hydrogen-bond acceptors (Lipinski definition) is 4. The highest BCUT2D eigenvalue weighted by Crippen LogP contribution is 2.13. The fourth-order valence-electron chi connectivity index (χ4n) is 2.76. The van der Waals surface area contributed by atoms with Crippen LogP contribution >= 0.6 is 35.3 Å². The molecule has 2 N–H and O–H groups in total. The van der Waals surface area contributed by atoms with Crippen molar-refractivity contribution in [1.29, 1.82) is 0 Å². The van der Waals surface area contributed by atoms with Gasteiger partial charge in [-0.25, -0.2) is 4.98 Å². The Hall–Kier alpha value is -1.19. The molecule has 0 unspecified atom stereocenters. The monoisotopic (exact) mass is 515 g/mol. The number of aliphatic imine (C=N–C) groups is 1. The summed E-state index contributed by atoms with van der Waals surface area (Å²) in [6, 6.07) is 10.6. The van der Waals surface area contributed by atoms with Gasteiger partial charge >= 0.3 is 0 Å². The Morgan fingerprint density at radius 1 is 1.18 bits per heavy atom. The molecule has 5 nitrogen and oxygen atoms in total. The molecule has 0 amide bonds. The Morgan fingerprint density at radius 3 is 2.64 bits per heavy atom. The maximum atomic E-state index is 4.70. The summed E-state index contributed by atoms with van der Waals surface area (Å²) in [5.74, 6) is 0.899. The number of nitrogens with one attached hydrogen (secondary N) is 2. The summed E-state index contributed by atoms with van der Waals surface area (Å²) in [4.78, 5) is 12.9. The largest absolute Gasteiger partial charge is 0.357 e. The second-order valence-corrected chi connectivity index (χ2v) is 7.79. The zero-order chi connectivity index (χ0) is 19.3. The molecule has 0 spiro atoms. The molecule has 0 aliphatic heterocycles. The quantitative estimate of drug-likeness (QED) is 0.206. The third-order valence-corrected chi connectivity index (χ3v) is 5.39. The molecule has 0 aliphatic carbocycles. The molecule has 7 heteroatoms. The molecule has 0 aliphatic rings. The Balaban J connectivity index is 0.00000392. The van der Waals surface area contributed by atoms with Crippen molar-refractivity contribution in [3.05, 3.63) is 52.0 Å². The van der Waals surface area contributed by atoms with Crippen molar-refractivity contribution in [2.75, 3.05) is 33.2 Å². The minimum atomic E-state index is 0. The van der Waals surface area contributed by atoms with Gasteiger partial charge in [0.1, 0.15) is 0 Å². The number of rotatable bonds is 11. The van der Waals surface area contributed by atoms with Gasteiger partial charge in [-0.1, -0.05) is 37.3 Å². The van der Waals surface area contributed by atoms with Crippen LogP contribution in [-0.4, -0.2) is 49.1 Å². The molecular weight excluding hydrogens is 481 g/mol. The summed E-state index contributed by atoms with van der Waals surface area (Å²) >= 11 is 1.81. The van der Waals surface area contributed by atoms with Crippen LogP contribution in [0.1, 0.15) is 35.7 Å². The maximum absolute atomic E-state index is 4.70. The highest BCUT2D eigenvalue weighted by atomic mass is 127. The molecule has 28 heavy (non-hydrogen) atoms. The number of guanidine groups is 1. The van der Waals surface area contributed by atoms with Crippen LogP contribution in [0.4, 0.5) is 0 Å². The van der Waals surface area contributed by atoms with Crippen molar-refractivity contribution >= 4 is 41.3 Å². The predicted octanol–water partition coefficient (Wildman–Crippen LogP) is 3.94. The third-order valence-electron chi connectivity index (χ3n) is 4.19. The van der Waals surface area contributed by atoms with E-state index < -0.39 is 0 Å². The lowest BCUT2D eigenvalue weighted by Crippen LogP contribution is -2.38. The Bertz CT molecular complexity index is 674. The van der Waals surface area contributed by atoms with Crippen LogP contribution in [0.15, 0.2) is 41.5 Å². The molecule has 2 rings (SSSR count). The molecule has 156 valence electrons. The van der Waals surface area contributed by atoms with E-state index in [1.807, 2.05) is 6.20 Å². The lowest BCUT2D eigenvalue weighted by atomic mass is 10.2. The van der Waals surface area contributed by atoms with Gasteiger partial charge < -0.3 is 15.5 Å². The van der Waals surface area contributed by atoms with Crippen LogP contribution in [0.3, 0.4) is 0 Å². The summed E-state index contributed by atoms with van der Waals surface area (Å²) in [6.45, 7) is 8.84. The number of halogens is 1. The SMILES string of the molecule is CCNC(=NCCCN(C)Cc1ccccc1)NCCc1ncc(CC)s1.I. The zero-order valence-corrected chi connectivity index (χ0v) is 20.4. The lowest BCUT2D eigenvalue weighted by molar-refractivity contribution is 0.324. The van der Waals surface area contributed by atoms with E-state index in [-0.39, 0.29) is 24.0 Å². The van der Waals surface area contributed by atoms with E-state index in [1.165, 1.54) is 15.4 Å². The highest BCUT2D eigenvalue weighted by Gasteiger charge is 2.03. The van der Waals surface area contributed by atoms with Crippen LogP contribution in [0, 0.1) is 0 Å². The van der Waals surface area contributed by atoms with Crippen molar-refractivity contribution in [3.8, 4) is 0 Å². The zero-order valence-electron chi connectivity index (χ0n) is 17.3. The average molecular weight is 516 g/mol. The van der Waals surface area contributed by atoms with Crippen molar-refractivity contribution < 1.29 is 0 Å². The minimum Gasteiger partial charge on any atom is -0.357 e. The van der Waals surface area contributed by atoms with Crippen LogP contribution in [0.5, 0.6) is 0 Å². The van der Waals surface area contributed by atoms with Gasteiger partial charge in [-0.3, -0.25) is 4.99 Å². The minimum absolute atomic E-state index is 0. The van der Waals surface area contributed by atoms with Crippen LogP contribution in [-0.2, 0) is 19.4 Å². The topological polar surface area (TPSA) is 52.6 Å². The third kappa shape index (κ3) is 9.84. The van der Waals surface area contributed by atoms with Gasteiger partial charge in [-0.05, 0) is 38.9 Å². The van der Waals surface area contributed by atoms with E-state index in [4.69, 9.17) is 4.99 Å². The lowest BCUT2D eigenvalue weighted by Gasteiger charge is -2.16. The maximum Gasteiger partial charge on any atom is 0.191 e. The first-order valence-electron chi connectivity index (χ1n) is 9.89. The van der Waals surface area contributed by atoms with E-state index in [1.54, 1.807) is 11.3 Å². The number of hydrogen-bond donors (Lipinski definition) is 2. The molecule has 0 atom stereocenters. The average Bonchev–Trinajstić information content (AvgIpc) is 3.14. The predicted molar refractivity (Wildman–Crippen MR) is 132 cm³/mol. The number of benzene rings is 1. The Kier molecular flexibility index (Phi) is 13.1. The molecule has 0 saturated carbocycles. The van der Waals surface area contributed by atoms with Crippen LogP contribution in [0.2, 0.25) is 0 Å². The van der Waals surface area contributed by atoms with E-state index in [2.05, 4.69) is 71.7 Å². The summed E-state index contributed by atoms with van der Waals surface area (Å²) in [5.41, 5.74) is 1.35. The second-order valence-electron chi connectivity index (χ2n) is 6.59. The van der Waals surface area contributed by atoms with E-state index in [9.17, 15) is 0 Å².